The van der Waals surface area contributed by atoms with Crippen molar-refractivity contribution in [3.8, 4) is 0 Å². The number of hydrogen-bond donors (Lipinski definition) is 1. The minimum atomic E-state index is -0.0178. The van der Waals surface area contributed by atoms with E-state index in [9.17, 15) is 9.59 Å². The molecule has 0 radical (unpaired) electrons. The number of nitrogens with zero attached hydrogens (tertiary/aromatic N) is 2. The standard InChI is InChI=1S/C14H21N3O2S/c1-9(2)10(3)15-12(18)7-11-8-20-14(16-11)17-6-4-5-13(17)19/h8-10H,4-7H2,1-3H3,(H,15,18)/t10-/m0/s1. The molecule has 1 atom stereocenters. The average molecular weight is 295 g/mol. The summed E-state index contributed by atoms with van der Waals surface area (Å²) < 4.78 is 0. The normalized spacial score (nSPS) is 16.8. The molecule has 6 heteroatoms. The molecule has 1 saturated heterocycles. The largest absolute Gasteiger partial charge is 0.353 e. The third kappa shape index (κ3) is 3.56. The van der Waals surface area contributed by atoms with Crippen molar-refractivity contribution in [1.82, 2.24) is 10.3 Å². The van der Waals surface area contributed by atoms with E-state index in [1.54, 1.807) is 4.90 Å². The summed E-state index contributed by atoms with van der Waals surface area (Å²) in [6.45, 7) is 6.88. The molecule has 20 heavy (non-hydrogen) atoms. The number of carbonyl (C=O) groups is 2. The van der Waals surface area contributed by atoms with Gasteiger partial charge in [0.1, 0.15) is 0 Å². The van der Waals surface area contributed by atoms with Gasteiger partial charge in [-0.1, -0.05) is 13.8 Å². The van der Waals surface area contributed by atoms with E-state index in [1.165, 1.54) is 11.3 Å². The van der Waals surface area contributed by atoms with Crippen molar-refractivity contribution in [1.29, 1.82) is 0 Å². The molecule has 1 aromatic heterocycles. The Hall–Kier alpha value is -1.43. The fourth-order valence-electron chi connectivity index (χ4n) is 1.99. The summed E-state index contributed by atoms with van der Waals surface area (Å²) in [5.74, 6) is 0.520. The second-order valence-corrected chi connectivity index (χ2v) is 6.38. The predicted octanol–water partition coefficient (Wildman–Crippen LogP) is 1.97. The molecular weight excluding hydrogens is 274 g/mol. The summed E-state index contributed by atoms with van der Waals surface area (Å²) in [5, 5.41) is 5.54. The molecule has 2 heterocycles. The van der Waals surface area contributed by atoms with Crippen LogP contribution < -0.4 is 10.2 Å². The highest BCUT2D eigenvalue weighted by atomic mass is 32.1. The molecule has 1 aliphatic rings. The lowest BCUT2D eigenvalue weighted by Gasteiger charge is -2.16. The maximum Gasteiger partial charge on any atom is 0.228 e. The molecule has 1 aliphatic heterocycles. The maximum absolute atomic E-state index is 11.9. The molecule has 2 amide bonds. The van der Waals surface area contributed by atoms with E-state index in [-0.39, 0.29) is 24.3 Å². The van der Waals surface area contributed by atoms with Crippen LogP contribution in [0.3, 0.4) is 0 Å². The van der Waals surface area contributed by atoms with E-state index in [1.807, 2.05) is 12.3 Å². The quantitative estimate of drug-likeness (QED) is 0.903. The van der Waals surface area contributed by atoms with E-state index < -0.39 is 0 Å². The first-order valence-corrected chi connectivity index (χ1v) is 7.89. The Kier molecular flexibility index (Phi) is 4.75. The summed E-state index contributed by atoms with van der Waals surface area (Å²) in [5.41, 5.74) is 0.734. The molecule has 110 valence electrons. The highest BCUT2D eigenvalue weighted by Gasteiger charge is 2.24. The van der Waals surface area contributed by atoms with Crippen LogP contribution in [0.4, 0.5) is 5.13 Å². The molecule has 1 N–H and O–H groups in total. The lowest BCUT2D eigenvalue weighted by Crippen LogP contribution is -2.37. The molecule has 0 bridgehead atoms. The predicted molar refractivity (Wildman–Crippen MR) is 79.8 cm³/mol. The van der Waals surface area contributed by atoms with Crippen LogP contribution in [0.5, 0.6) is 0 Å². The summed E-state index contributed by atoms with van der Waals surface area (Å²) in [7, 11) is 0. The average Bonchev–Trinajstić information content (AvgIpc) is 2.97. The van der Waals surface area contributed by atoms with Crippen molar-refractivity contribution < 1.29 is 9.59 Å². The fourth-order valence-corrected chi connectivity index (χ4v) is 2.86. The minimum absolute atomic E-state index is 0.0178. The van der Waals surface area contributed by atoms with Crippen LogP contribution in [0.1, 0.15) is 39.3 Å². The van der Waals surface area contributed by atoms with Gasteiger partial charge in [0.2, 0.25) is 11.8 Å². The number of carbonyl (C=O) groups excluding carboxylic acids is 2. The van der Waals surface area contributed by atoms with Crippen molar-refractivity contribution in [2.24, 2.45) is 5.92 Å². The zero-order chi connectivity index (χ0) is 14.7. The molecule has 1 fully saturated rings. The minimum Gasteiger partial charge on any atom is -0.353 e. The molecule has 0 saturated carbocycles. The Morgan fingerprint density at radius 3 is 2.85 bits per heavy atom. The summed E-state index contributed by atoms with van der Waals surface area (Å²) >= 11 is 1.43. The Morgan fingerprint density at radius 1 is 1.50 bits per heavy atom. The number of thiazole rings is 1. The van der Waals surface area contributed by atoms with Gasteiger partial charge in [0.25, 0.3) is 0 Å². The molecule has 0 aliphatic carbocycles. The molecule has 5 nitrogen and oxygen atoms in total. The third-order valence-electron chi connectivity index (χ3n) is 3.57. The van der Waals surface area contributed by atoms with Crippen LogP contribution in [0.15, 0.2) is 5.38 Å². The van der Waals surface area contributed by atoms with Crippen LogP contribution in [0.25, 0.3) is 0 Å². The third-order valence-corrected chi connectivity index (χ3v) is 4.49. The molecule has 0 aromatic carbocycles. The van der Waals surface area contributed by atoms with Crippen molar-refractivity contribution in [3.05, 3.63) is 11.1 Å². The van der Waals surface area contributed by atoms with Gasteiger partial charge >= 0.3 is 0 Å². The molecule has 2 rings (SSSR count). The van der Waals surface area contributed by atoms with E-state index in [0.717, 1.165) is 18.7 Å². The Balaban J connectivity index is 1.92. The van der Waals surface area contributed by atoms with E-state index in [2.05, 4.69) is 24.1 Å². The zero-order valence-electron chi connectivity index (χ0n) is 12.2. The number of hydrogen-bond acceptors (Lipinski definition) is 4. The van der Waals surface area contributed by atoms with E-state index in [0.29, 0.717) is 17.5 Å². The van der Waals surface area contributed by atoms with Gasteiger partial charge in [-0.15, -0.1) is 11.3 Å². The molecular formula is C14H21N3O2S. The highest BCUT2D eigenvalue weighted by Crippen LogP contribution is 2.25. The SMILES string of the molecule is CC(C)[C@H](C)NC(=O)Cc1csc(N2CCCC2=O)n1. The van der Waals surface area contributed by atoms with Gasteiger partial charge in [0.05, 0.1) is 12.1 Å². The number of amides is 2. The Morgan fingerprint density at radius 2 is 2.25 bits per heavy atom. The molecule has 0 spiro atoms. The van der Waals surface area contributed by atoms with E-state index >= 15 is 0 Å². The summed E-state index contributed by atoms with van der Waals surface area (Å²) in [6, 6.07) is 0.153. The monoisotopic (exact) mass is 295 g/mol. The van der Waals surface area contributed by atoms with E-state index in [4.69, 9.17) is 0 Å². The van der Waals surface area contributed by atoms with Gasteiger partial charge in [0, 0.05) is 24.4 Å². The summed E-state index contributed by atoms with van der Waals surface area (Å²) in [4.78, 5) is 29.6. The van der Waals surface area contributed by atoms with Crippen molar-refractivity contribution in [2.75, 3.05) is 11.4 Å². The van der Waals surface area contributed by atoms with Crippen LogP contribution in [-0.4, -0.2) is 29.4 Å². The zero-order valence-corrected chi connectivity index (χ0v) is 13.0. The fraction of sp³-hybridized carbons (Fsp3) is 0.643. The molecule has 1 aromatic rings. The van der Waals surface area contributed by atoms with Crippen molar-refractivity contribution in [2.45, 2.75) is 46.1 Å². The van der Waals surface area contributed by atoms with Crippen LogP contribution in [0.2, 0.25) is 0 Å². The second-order valence-electron chi connectivity index (χ2n) is 5.55. The first-order valence-electron chi connectivity index (χ1n) is 7.01. The Labute approximate surface area is 123 Å². The smallest absolute Gasteiger partial charge is 0.228 e. The first kappa shape index (κ1) is 15.0. The highest BCUT2D eigenvalue weighted by molar-refractivity contribution is 7.14. The number of aromatic nitrogens is 1. The Bertz CT molecular complexity index is 498. The molecule has 0 unspecified atom stereocenters. The number of anilines is 1. The maximum atomic E-state index is 11.9. The first-order chi connectivity index (χ1) is 9.47. The van der Waals surface area contributed by atoms with Gasteiger partial charge in [-0.05, 0) is 19.3 Å². The summed E-state index contributed by atoms with van der Waals surface area (Å²) in [6.07, 6.45) is 1.76. The topological polar surface area (TPSA) is 62.3 Å². The van der Waals surface area contributed by atoms with Crippen LogP contribution in [0, 0.1) is 5.92 Å². The second kappa shape index (κ2) is 6.35. The van der Waals surface area contributed by atoms with Crippen molar-refractivity contribution in [3.63, 3.8) is 0 Å². The van der Waals surface area contributed by atoms with Crippen molar-refractivity contribution >= 4 is 28.3 Å². The van der Waals surface area contributed by atoms with Gasteiger partial charge in [-0.2, -0.15) is 0 Å². The van der Waals surface area contributed by atoms with Crippen LogP contribution >= 0.6 is 11.3 Å². The lowest BCUT2D eigenvalue weighted by atomic mass is 10.1. The number of nitrogens with one attached hydrogen (secondary N) is 1. The lowest BCUT2D eigenvalue weighted by molar-refractivity contribution is -0.121. The van der Waals surface area contributed by atoms with Crippen LogP contribution in [-0.2, 0) is 16.0 Å². The van der Waals surface area contributed by atoms with Gasteiger partial charge in [0.15, 0.2) is 5.13 Å². The van der Waals surface area contributed by atoms with Gasteiger partial charge in [-0.25, -0.2) is 4.98 Å². The number of rotatable bonds is 5. The van der Waals surface area contributed by atoms with Gasteiger partial charge in [-0.3, -0.25) is 14.5 Å². The van der Waals surface area contributed by atoms with Gasteiger partial charge < -0.3 is 5.32 Å².